The largest absolute Gasteiger partial charge is 0.342 e. The van der Waals surface area contributed by atoms with Gasteiger partial charge in [-0.3, -0.25) is 9.59 Å². The van der Waals surface area contributed by atoms with Gasteiger partial charge in [0, 0.05) is 64.3 Å². The second-order valence-electron chi connectivity index (χ2n) is 9.69. The maximum atomic E-state index is 13.5. The Kier molecular flexibility index (Phi) is 5.48. The normalized spacial score (nSPS) is 25.0. The molecule has 0 aromatic heterocycles. The summed E-state index contributed by atoms with van der Waals surface area (Å²) in [7, 11) is 3.52. The van der Waals surface area contributed by atoms with Gasteiger partial charge >= 0.3 is 6.03 Å². The van der Waals surface area contributed by atoms with E-state index in [1.165, 1.54) is 0 Å². The minimum atomic E-state index is -0.520. The van der Waals surface area contributed by atoms with E-state index in [2.05, 4.69) is 0 Å². The van der Waals surface area contributed by atoms with Gasteiger partial charge in [0.15, 0.2) is 0 Å². The molecule has 2 spiro atoms. The number of amides is 4. The highest BCUT2D eigenvalue weighted by Crippen LogP contribution is 2.58. The van der Waals surface area contributed by atoms with E-state index in [1.54, 1.807) is 19.0 Å². The van der Waals surface area contributed by atoms with E-state index < -0.39 is 5.41 Å². The van der Waals surface area contributed by atoms with Gasteiger partial charge in [0.1, 0.15) is 0 Å². The predicted molar refractivity (Wildman–Crippen MR) is 119 cm³/mol. The first kappa shape index (κ1) is 21.7. The molecule has 3 heterocycles. The molecule has 4 rings (SSSR count). The first-order valence-corrected chi connectivity index (χ1v) is 11.3. The number of hydrogen-bond donors (Lipinski definition) is 0. The average Bonchev–Trinajstić information content (AvgIpc) is 3.26. The summed E-state index contributed by atoms with van der Waals surface area (Å²) in [6.07, 6.45) is 2.30. The van der Waals surface area contributed by atoms with E-state index in [-0.39, 0.29) is 23.3 Å². The van der Waals surface area contributed by atoms with Crippen molar-refractivity contribution in [3.63, 3.8) is 0 Å². The van der Waals surface area contributed by atoms with Crippen LogP contribution in [0, 0.1) is 17.8 Å². The van der Waals surface area contributed by atoms with Crippen molar-refractivity contribution < 1.29 is 14.4 Å². The summed E-state index contributed by atoms with van der Waals surface area (Å²) in [5.41, 5.74) is 1.06. The van der Waals surface area contributed by atoms with Crippen LogP contribution in [-0.4, -0.2) is 90.8 Å². The standard InChI is InChI=1S/C24H34N4O3/c1-5-26-15-12-24(21(26)30)17-28(22(31)25(3)4)16-23(24)10-13-27(14-11-23)20(29)19-8-6-18(2)7-9-19/h6-9H,5,10-17H2,1-4H3. The summed E-state index contributed by atoms with van der Waals surface area (Å²) in [6.45, 7) is 7.83. The fourth-order valence-electron chi connectivity index (χ4n) is 5.91. The molecular formula is C24H34N4O3. The molecule has 31 heavy (non-hydrogen) atoms. The van der Waals surface area contributed by atoms with Crippen molar-refractivity contribution in [1.82, 2.24) is 19.6 Å². The van der Waals surface area contributed by atoms with Gasteiger partial charge in [0.2, 0.25) is 5.91 Å². The number of hydrogen-bond acceptors (Lipinski definition) is 3. The lowest BCUT2D eigenvalue weighted by Crippen LogP contribution is -2.53. The van der Waals surface area contributed by atoms with Crippen LogP contribution in [-0.2, 0) is 4.79 Å². The van der Waals surface area contributed by atoms with Gasteiger partial charge in [0.05, 0.1) is 5.41 Å². The number of carbonyl (C=O) groups is 3. The molecule has 1 unspecified atom stereocenters. The Labute approximate surface area is 185 Å². The molecule has 3 fully saturated rings. The lowest BCUT2D eigenvalue weighted by Gasteiger charge is -2.46. The third kappa shape index (κ3) is 3.38. The number of likely N-dealkylation sites (tertiary alicyclic amines) is 3. The fourth-order valence-corrected chi connectivity index (χ4v) is 5.91. The van der Waals surface area contributed by atoms with Gasteiger partial charge in [-0.2, -0.15) is 0 Å². The Hall–Kier alpha value is -2.57. The molecule has 0 bridgehead atoms. The highest BCUT2D eigenvalue weighted by Gasteiger charge is 2.66. The fraction of sp³-hybridized carbons (Fsp3) is 0.625. The summed E-state index contributed by atoms with van der Waals surface area (Å²) < 4.78 is 0. The van der Waals surface area contributed by atoms with Crippen LogP contribution < -0.4 is 0 Å². The summed E-state index contributed by atoms with van der Waals surface area (Å²) in [5, 5.41) is 0. The predicted octanol–water partition coefficient (Wildman–Crippen LogP) is 2.45. The van der Waals surface area contributed by atoms with E-state index in [0.717, 1.165) is 31.4 Å². The molecule has 3 saturated heterocycles. The molecule has 1 atom stereocenters. The number of aryl methyl sites for hydroxylation is 1. The third-order valence-electron chi connectivity index (χ3n) is 7.82. The van der Waals surface area contributed by atoms with Gasteiger partial charge in [-0.05, 0) is 45.2 Å². The van der Waals surface area contributed by atoms with Crippen molar-refractivity contribution in [1.29, 1.82) is 0 Å². The monoisotopic (exact) mass is 426 g/mol. The van der Waals surface area contributed by atoms with Crippen LogP contribution in [0.5, 0.6) is 0 Å². The number of fused-ring (bicyclic) bond motifs is 1. The number of carbonyl (C=O) groups excluding carboxylic acids is 3. The molecule has 7 nitrogen and oxygen atoms in total. The Morgan fingerprint density at radius 3 is 2.16 bits per heavy atom. The molecule has 3 aliphatic rings. The molecule has 7 heteroatoms. The molecule has 0 aliphatic carbocycles. The van der Waals surface area contributed by atoms with E-state index in [9.17, 15) is 14.4 Å². The lowest BCUT2D eigenvalue weighted by molar-refractivity contribution is -0.141. The highest BCUT2D eigenvalue weighted by atomic mass is 16.2. The zero-order chi connectivity index (χ0) is 22.4. The zero-order valence-electron chi connectivity index (χ0n) is 19.2. The minimum Gasteiger partial charge on any atom is -0.342 e. The molecular weight excluding hydrogens is 392 g/mol. The van der Waals surface area contributed by atoms with Gasteiger partial charge in [-0.15, -0.1) is 0 Å². The SMILES string of the molecule is CCN1CCC2(CN(C(=O)N(C)C)CC23CCN(C(=O)c2ccc(C)cc2)CC3)C1=O. The van der Waals surface area contributed by atoms with Crippen molar-refractivity contribution in [3.8, 4) is 0 Å². The first-order chi connectivity index (χ1) is 14.7. The van der Waals surface area contributed by atoms with Crippen molar-refractivity contribution in [2.45, 2.75) is 33.1 Å². The molecule has 1 aromatic carbocycles. The van der Waals surface area contributed by atoms with E-state index in [0.29, 0.717) is 38.3 Å². The van der Waals surface area contributed by atoms with Crippen LogP contribution >= 0.6 is 0 Å². The van der Waals surface area contributed by atoms with Gasteiger partial charge in [-0.25, -0.2) is 4.79 Å². The smallest absolute Gasteiger partial charge is 0.319 e. The second kappa shape index (κ2) is 7.84. The Morgan fingerprint density at radius 1 is 0.968 bits per heavy atom. The third-order valence-corrected chi connectivity index (χ3v) is 7.82. The number of rotatable bonds is 2. The number of urea groups is 1. The zero-order valence-corrected chi connectivity index (χ0v) is 19.2. The Morgan fingerprint density at radius 2 is 1.61 bits per heavy atom. The highest BCUT2D eigenvalue weighted by molar-refractivity contribution is 5.94. The number of nitrogens with zero attached hydrogens (tertiary/aromatic N) is 4. The Bertz CT molecular complexity index is 873. The lowest BCUT2D eigenvalue weighted by atomic mass is 9.60. The summed E-state index contributed by atoms with van der Waals surface area (Å²) in [5.74, 6) is 0.249. The van der Waals surface area contributed by atoms with Crippen LogP contribution in [0.2, 0.25) is 0 Å². The molecule has 168 valence electrons. The first-order valence-electron chi connectivity index (χ1n) is 11.3. The van der Waals surface area contributed by atoms with E-state index >= 15 is 0 Å². The van der Waals surface area contributed by atoms with Gasteiger partial charge in [0.25, 0.3) is 5.91 Å². The van der Waals surface area contributed by atoms with Crippen LogP contribution in [0.3, 0.4) is 0 Å². The molecule has 0 saturated carbocycles. The van der Waals surface area contributed by atoms with E-state index in [4.69, 9.17) is 0 Å². The van der Waals surface area contributed by atoms with Crippen LogP contribution in [0.25, 0.3) is 0 Å². The summed E-state index contributed by atoms with van der Waals surface area (Å²) in [4.78, 5) is 46.7. The van der Waals surface area contributed by atoms with Crippen LogP contribution in [0.4, 0.5) is 4.79 Å². The van der Waals surface area contributed by atoms with Crippen molar-refractivity contribution in [2.24, 2.45) is 10.8 Å². The maximum Gasteiger partial charge on any atom is 0.319 e. The minimum absolute atomic E-state index is 0.0304. The molecule has 3 aliphatic heterocycles. The quantitative estimate of drug-likeness (QED) is 0.730. The summed E-state index contributed by atoms with van der Waals surface area (Å²) in [6, 6.07) is 7.67. The molecule has 0 N–H and O–H groups in total. The van der Waals surface area contributed by atoms with Crippen LogP contribution in [0.15, 0.2) is 24.3 Å². The molecule has 0 radical (unpaired) electrons. The van der Waals surface area contributed by atoms with Crippen molar-refractivity contribution in [3.05, 3.63) is 35.4 Å². The average molecular weight is 427 g/mol. The van der Waals surface area contributed by atoms with Gasteiger partial charge < -0.3 is 19.6 Å². The molecule has 1 aromatic rings. The van der Waals surface area contributed by atoms with Crippen molar-refractivity contribution >= 4 is 17.8 Å². The maximum absolute atomic E-state index is 13.5. The number of benzene rings is 1. The summed E-state index contributed by atoms with van der Waals surface area (Å²) >= 11 is 0. The second-order valence-corrected chi connectivity index (χ2v) is 9.69. The molecule has 4 amide bonds. The topological polar surface area (TPSA) is 64.2 Å². The van der Waals surface area contributed by atoms with E-state index in [1.807, 2.05) is 52.8 Å². The van der Waals surface area contributed by atoms with Crippen LogP contribution in [0.1, 0.15) is 42.1 Å². The van der Waals surface area contributed by atoms with Crippen molar-refractivity contribution in [2.75, 3.05) is 53.4 Å². The number of piperidine rings is 1. The Balaban J connectivity index is 1.57. The van der Waals surface area contributed by atoms with Gasteiger partial charge in [-0.1, -0.05) is 17.7 Å².